The minimum Gasteiger partial charge on any atom is -0.463 e. The van der Waals surface area contributed by atoms with Crippen molar-refractivity contribution in [2.45, 2.75) is 65.6 Å². The van der Waals surface area contributed by atoms with Crippen LogP contribution in [0.1, 0.15) is 59.0 Å². The first kappa shape index (κ1) is 24.1. The second-order valence-corrected chi connectivity index (χ2v) is 9.17. The number of aliphatic hydroxyl groups is 1. The molecule has 1 aliphatic heterocycles. The molecule has 2 heterocycles. The Morgan fingerprint density at radius 3 is 2.47 bits per heavy atom. The number of nitrogens with one attached hydrogen (secondary N) is 2. The molecular formula is C22H38N4O4. The normalized spacial score (nSPS) is 18.1. The molecule has 2 rings (SSSR count). The highest BCUT2D eigenvalue weighted by atomic mass is 16.6. The Kier molecular flexibility index (Phi) is 8.18. The molecule has 0 aliphatic carbocycles. The van der Waals surface area contributed by atoms with Crippen LogP contribution in [0.5, 0.6) is 0 Å². The van der Waals surface area contributed by atoms with Gasteiger partial charge in [-0.25, -0.2) is 9.79 Å². The molecule has 1 aliphatic rings. The summed E-state index contributed by atoms with van der Waals surface area (Å²) in [6, 6.07) is 3.62. The number of guanidine groups is 1. The van der Waals surface area contributed by atoms with Crippen LogP contribution in [0.25, 0.3) is 0 Å². The van der Waals surface area contributed by atoms with Gasteiger partial charge in [0.15, 0.2) is 5.96 Å². The van der Waals surface area contributed by atoms with Crippen molar-refractivity contribution in [1.29, 1.82) is 0 Å². The van der Waals surface area contributed by atoms with Crippen LogP contribution < -0.4 is 10.6 Å². The summed E-state index contributed by atoms with van der Waals surface area (Å²) in [5, 5.41) is 17.3. The molecule has 0 bridgehead atoms. The van der Waals surface area contributed by atoms with Gasteiger partial charge in [0.25, 0.3) is 0 Å². The van der Waals surface area contributed by atoms with Crippen molar-refractivity contribution < 1.29 is 19.1 Å². The first-order chi connectivity index (χ1) is 14.0. The van der Waals surface area contributed by atoms with E-state index in [1.54, 1.807) is 17.9 Å². The molecule has 1 aromatic heterocycles. The predicted molar refractivity (Wildman–Crippen MR) is 118 cm³/mol. The van der Waals surface area contributed by atoms with E-state index in [0.29, 0.717) is 30.7 Å². The van der Waals surface area contributed by atoms with Gasteiger partial charge < -0.3 is 29.8 Å². The summed E-state index contributed by atoms with van der Waals surface area (Å²) < 4.78 is 11.0. The van der Waals surface area contributed by atoms with Crippen molar-refractivity contribution in [2.75, 3.05) is 32.7 Å². The third-order valence-corrected chi connectivity index (χ3v) is 4.98. The standard InChI is InChI=1S/C22H38N4O4/c1-7-23-19(25-15-22(6,28)18-9-8-16(2)29-18)24-14-17-10-12-26(13-11-17)20(27)30-21(3,4)5/h8-9,17,28H,7,10-15H2,1-6H3,(H2,23,24,25). The van der Waals surface area contributed by atoms with Crippen molar-refractivity contribution >= 4 is 12.1 Å². The molecule has 1 fully saturated rings. The molecule has 0 saturated carbocycles. The lowest BCUT2D eigenvalue weighted by atomic mass is 9.97. The largest absolute Gasteiger partial charge is 0.463 e. The molecule has 3 N–H and O–H groups in total. The molecule has 1 amide bonds. The van der Waals surface area contributed by atoms with E-state index in [-0.39, 0.29) is 12.6 Å². The number of carbonyl (C=O) groups is 1. The lowest BCUT2D eigenvalue weighted by molar-refractivity contribution is 0.0185. The summed E-state index contributed by atoms with van der Waals surface area (Å²) in [7, 11) is 0. The molecule has 170 valence electrons. The van der Waals surface area contributed by atoms with Gasteiger partial charge in [-0.2, -0.15) is 0 Å². The van der Waals surface area contributed by atoms with Crippen LogP contribution in [-0.4, -0.2) is 60.4 Å². The average Bonchev–Trinajstić information content (AvgIpc) is 3.10. The number of piperidine rings is 1. The van der Waals surface area contributed by atoms with Crippen molar-refractivity contribution in [3.8, 4) is 0 Å². The number of hydrogen-bond donors (Lipinski definition) is 3. The number of likely N-dealkylation sites (tertiary alicyclic amines) is 1. The molecule has 1 unspecified atom stereocenters. The van der Waals surface area contributed by atoms with Crippen LogP contribution in [0.15, 0.2) is 21.5 Å². The fraction of sp³-hybridized carbons (Fsp3) is 0.727. The van der Waals surface area contributed by atoms with Crippen LogP contribution in [0.2, 0.25) is 0 Å². The molecular weight excluding hydrogens is 384 g/mol. The second-order valence-electron chi connectivity index (χ2n) is 9.17. The number of furan rings is 1. The van der Waals surface area contributed by atoms with Crippen LogP contribution in [-0.2, 0) is 10.3 Å². The zero-order valence-electron chi connectivity index (χ0n) is 19.2. The van der Waals surface area contributed by atoms with E-state index in [1.165, 1.54) is 0 Å². The van der Waals surface area contributed by atoms with Gasteiger partial charge in [0.05, 0.1) is 6.54 Å². The molecule has 0 spiro atoms. The third-order valence-electron chi connectivity index (χ3n) is 4.98. The Bertz CT molecular complexity index is 713. The van der Waals surface area contributed by atoms with Crippen molar-refractivity contribution in [2.24, 2.45) is 10.9 Å². The van der Waals surface area contributed by atoms with Gasteiger partial charge in [-0.05, 0) is 72.4 Å². The van der Waals surface area contributed by atoms with Crippen molar-refractivity contribution in [3.05, 3.63) is 23.7 Å². The van der Waals surface area contributed by atoms with E-state index >= 15 is 0 Å². The lowest BCUT2D eigenvalue weighted by Crippen LogP contribution is -2.45. The first-order valence-corrected chi connectivity index (χ1v) is 10.8. The zero-order valence-corrected chi connectivity index (χ0v) is 19.2. The van der Waals surface area contributed by atoms with Crippen molar-refractivity contribution in [3.63, 3.8) is 0 Å². The van der Waals surface area contributed by atoms with Crippen LogP contribution >= 0.6 is 0 Å². The van der Waals surface area contributed by atoms with Crippen LogP contribution in [0, 0.1) is 12.8 Å². The van der Waals surface area contributed by atoms with E-state index in [2.05, 4.69) is 15.6 Å². The summed E-state index contributed by atoms with van der Waals surface area (Å²) >= 11 is 0. The van der Waals surface area contributed by atoms with Gasteiger partial charge in [0, 0.05) is 26.2 Å². The highest BCUT2D eigenvalue weighted by Crippen LogP contribution is 2.23. The number of carbonyl (C=O) groups excluding carboxylic acids is 1. The smallest absolute Gasteiger partial charge is 0.410 e. The van der Waals surface area contributed by atoms with E-state index < -0.39 is 11.2 Å². The molecule has 30 heavy (non-hydrogen) atoms. The number of nitrogens with zero attached hydrogens (tertiary/aromatic N) is 2. The van der Waals surface area contributed by atoms with Gasteiger partial charge in [-0.3, -0.25) is 0 Å². The summed E-state index contributed by atoms with van der Waals surface area (Å²) in [6.07, 6.45) is 1.59. The highest BCUT2D eigenvalue weighted by Gasteiger charge is 2.28. The molecule has 1 aromatic rings. The maximum absolute atomic E-state index is 12.2. The summed E-state index contributed by atoms with van der Waals surface area (Å²) in [5.41, 5.74) is -1.64. The van der Waals surface area contributed by atoms with E-state index in [1.807, 2.05) is 40.7 Å². The maximum Gasteiger partial charge on any atom is 0.410 e. The SMILES string of the molecule is CCNC(=NCC(C)(O)c1ccc(C)o1)NCC1CCN(C(=O)OC(C)(C)C)CC1. The van der Waals surface area contributed by atoms with Crippen LogP contribution in [0.3, 0.4) is 0 Å². The number of hydrogen-bond acceptors (Lipinski definition) is 5. The molecule has 8 heteroatoms. The summed E-state index contributed by atoms with van der Waals surface area (Å²) in [4.78, 5) is 18.5. The Morgan fingerprint density at radius 2 is 1.93 bits per heavy atom. The summed E-state index contributed by atoms with van der Waals surface area (Å²) in [6.45, 7) is 14.3. The maximum atomic E-state index is 12.2. The highest BCUT2D eigenvalue weighted by molar-refractivity contribution is 5.79. The molecule has 1 atom stereocenters. The number of aryl methyl sites for hydroxylation is 1. The molecule has 8 nitrogen and oxygen atoms in total. The Hall–Kier alpha value is -2.22. The number of aliphatic imine (C=N–C) groups is 1. The molecule has 0 radical (unpaired) electrons. The second kappa shape index (κ2) is 10.2. The van der Waals surface area contributed by atoms with E-state index in [0.717, 1.165) is 31.7 Å². The molecule has 0 aromatic carbocycles. The average molecular weight is 423 g/mol. The zero-order chi connectivity index (χ0) is 22.4. The Balaban J connectivity index is 1.83. The molecule has 1 saturated heterocycles. The summed E-state index contributed by atoms with van der Waals surface area (Å²) in [5.74, 6) is 2.38. The Labute approximate surface area is 180 Å². The van der Waals surface area contributed by atoms with E-state index in [9.17, 15) is 9.90 Å². The van der Waals surface area contributed by atoms with E-state index in [4.69, 9.17) is 9.15 Å². The fourth-order valence-electron chi connectivity index (χ4n) is 3.26. The van der Waals surface area contributed by atoms with Gasteiger partial charge in [-0.1, -0.05) is 0 Å². The van der Waals surface area contributed by atoms with Gasteiger partial charge >= 0.3 is 6.09 Å². The predicted octanol–water partition coefficient (Wildman–Crippen LogP) is 3.00. The quantitative estimate of drug-likeness (QED) is 0.481. The first-order valence-electron chi connectivity index (χ1n) is 10.8. The number of amides is 1. The minimum absolute atomic E-state index is 0.187. The topological polar surface area (TPSA) is 99.3 Å². The van der Waals surface area contributed by atoms with Gasteiger partial charge in [-0.15, -0.1) is 0 Å². The Morgan fingerprint density at radius 1 is 1.27 bits per heavy atom. The number of ether oxygens (including phenoxy) is 1. The number of rotatable bonds is 6. The van der Waals surface area contributed by atoms with Crippen molar-refractivity contribution in [1.82, 2.24) is 15.5 Å². The van der Waals surface area contributed by atoms with Gasteiger partial charge in [0.1, 0.15) is 22.7 Å². The minimum atomic E-state index is -1.17. The lowest BCUT2D eigenvalue weighted by Gasteiger charge is -2.33. The van der Waals surface area contributed by atoms with Crippen LogP contribution in [0.4, 0.5) is 4.79 Å². The fourth-order valence-corrected chi connectivity index (χ4v) is 3.26. The monoisotopic (exact) mass is 422 g/mol. The van der Waals surface area contributed by atoms with Gasteiger partial charge in [0.2, 0.25) is 0 Å². The third kappa shape index (κ3) is 7.55.